The number of nitrogens with one attached hydrogen (secondary N) is 2. The van der Waals surface area contributed by atoms with Crippen LogP contribution in [0.15, 0.2) is 18.2 Å². The van der Waals surface area contributed by atoms with Crippen LogP contribution in [0.3, 0.4) is 0 Å². The zero-order valence-corrected chi connectivity index (χ0v) is 10.2. The molecule has 1 rings (SSSR count). The highest BCUT2D eigenvalue weighted by molar-refractivity contribution is 6.33. The van der Waals surface area contributed by atoms with Crippen LogP contribution in [0.1, 0.15) is 16.8 Å². The monoisotopic (exact) mass is 255 g/mol. The number of primary amides is 1. The van der Waals surface area contributed by atoms with Gasteiger partial charge in [-0.2, -0.15) is 0 Å². The average molecular weight is 256 g/mol. The Balaban J connectivity index is 2.75. The summed E-state index contributed by atoms with van der Waals surface area (Å²) in [6.45, 7) is 0.585. The number of nitrogens with two attached hydrogens (primary N) is 1. The zero-order chi connectivity index (χ0) is 12.8. The second-order valence-corrected chi connectivity index (χ2v) is 3.87. The number of carbonyl (C=O) groups excluding carboxylic acids is 2. The minimum atomic E-state index is -0.624. The molecule has 17 heavy (non-hydrogen) atoms. The van der Waals surface area contributed by atoms with Gasteiger partial charge in [0.05, 0.1) is 10.6 Å². The van der Waals surface area contributed by atoms with Crippen molar-refractivity contribution < 1.29 is 9.59 Å². The summed E-state index contributed by atoms with van der Waals surface area (Å²) in [5.41, 5.74) is 5.85. The molecule has 0 saturated heterocycles. The first kappa shape index (κ1) is 13.5. The molecule has 0 fully saturated rings. The molecule has 1 aromatic rings. The van der Waals surface area contributed by atoms with E-state index in [1.807, 2.05) is 0 Å². The molecule has 1 aromatic carbocycles. The molecule has 0 aliphatic heterocycles. The van der Waals surface area contributed by atoms with Crippen LogP contribution in [0, 0.1) is 0 Å². The molecular weight excluding hydrogens is 242 g/mol. The van der Waals surface area contributed by atoms with Crippen LogP contribution in [-0.2, 0) is 4.79 Å². The Morgan fingerprint density at radius 1 is 1.41 bits per heavy atom. The van der Waals surface area contributed by atoms with Crippen LogP contribution in [-0.4, -0.2) is 25.4 Å². The summed E-state index contributed by atoms with van der Waals surface area (Å²) in [6, 6.07) is 4.60. The Bertz CT molecular complexity index is 435. The third-order valence-electron chi connectivity index (χ3n) is 2.12. The van der Waals surface area contributed by atoms with E-state index >= 15 is 0 Å². The Labute approximate surface area is 104 Å². The topological polar surface area (TPSA) is 84.2 Å². The van der Waals surface area contributed by atoms with Gasteiger partial charge < -0.3 is 16.4 Å². The highest BCUT2D eigenvalue weighted by atomic mass is 35.5. The van der Waals surface area contributed by atoms with Crippen LogP contribution in [0.5, 0.6) is 0 Å². The maximum atomic E-state index is 11.4. The number of hydrogen-bond donors (Lipinski definition) is 3. The second-order valence-electron chi connectivity index (χ2n) is 3.46. The number of carbonyl (C=O) groups is 2. The van der Waals surface area contributed by atoms with Crippen molar-refractivity contribution in [3.63, 3.8) is 0 Å². The lowest BCUT2D eigenvalue weighted by Gasteiger charge is -2.07. The molecule has 4 N–H and O–H groups in total. The second kappa shape index (κ2) is 6.22. The van der Waals surface area contributed by atoms with E-state index in [4.69, 9.17) is 17.3 Å². The molecule has 0 bridgehead atoms. The number of halogens is 1. The fourth-order valence-corrected chi connectivity index (χ4v) is 1.46. The molecular formula is C11H14ClN3O2. The molecule has 92 valence electrons. The quantitative estimate of drug-likeness (QED) is 0.734. The van der Waals surface area contributed by atoms with Crippen LogP contribution in [0.2, 0.25) is 5.02 Å². The molecule has 0 aromatic heterocycles. The number of anilines is 1. The lowest BCUT2D eigenvalue weighted by atomic mass is 10.2. The van der Waals surface area contributed by atoms with Gasteiger partial charge in [0.25, 0.3) is 0 Å². The van der Waals surface area contributed by atoms with Crippen LogP contribution >= 0.6 is 11.6 Å². The summed E-state index contributed by atoms with van der Waals surface area (Å²) in [4.78, 5) is 22.5. The molecule has 6 heteroatoms. The third-order valence-corrected chi connectivity index (χ3v) is 2.45. The van der Waals surface area contributed by atoms with Crippen molar-refractivity contribution in [3.8, 4) is 0 Å². The molecule has 5 nitrogen and oxygen atoms in total. The normalized spacial score (nSPS) is 10.0. The molecule has 0 unspecified atom stereocenters. The molecule has 0 spiro atoms. The van der Waals surface area contributed by atoms with E-state index in [0.29, 0.717) is 18.7 Å². The average Bonchev–Trinajstić information content (AvgIpc) is 2.28. The summed E-state index contributed by atoms with van der Waals surface area (Å²) in [6.07, 6.45) is 0.352. The summed E-state index contributed by atoms with van der Waals surface area (Å²) in [5.74, 6) is -0.765. The van der Waals surface area contributed by atoms with Crippen molar-refractivity contribution in [3.05, 3.63) is 28.8 Å². The van der Waals surface area contributed by atoms with Gasteiger partial charge in [-0.05, 0) is 25.2 Å². The lowest BCUT2D eigenvalue weighted by Crippen LogP contribution is -2.19. The highest BCUT2D eigenvalue weighted by Crippen LogP contribution is 2.20. The van der Waals surface area contributed by atoms with Gasteiger partial charge in [0, 0.05) is 18.7 Å². The Morgan fingerprint density at radius 3 is 2.71 bits per heavy atom. The van der Waals surface area contributed by atoms with Gasteiger partial charge in [0.2, 0.25) is 11.8 Å². The smallest absolute Gasteiger partial charge is 0.250 e. The number of hydrogen-bond acceptors (Lipinski definition) is 3. The van der Waals surface area contributed by atoms with Gasteiger partial charge >= 0.3 is 0 Å². The van der Waals surface area contributed by atoms with E-state index in [-0.39, 0.29) is 16.5 Å². The zero-order valence-electron chi connectivity index (χ0n) is 9.42. The van der Waals surface area contributed by atoms with Crippen LogP contribution in [0.25, 0.3) is 0 Å². The fourth-order valence-electron chi connectivity index (χ4n) is 1.25. The molecule has 0 saturated carbocycles. The van der Waals surface area contributed by atoms with Gasteiger partial charge in [-0.25, -0.2) is 0 Å². The van der Waals surface area contributed by atoms with Crippen molar-refractivity contribution in [1.29, 1.82) is 0 Å². The van der Waals surface area contributed by atoms with Gasteiger partial charge in [-0.15, -0.1) is 0 Å². The Kier molecular flexibility index (Phi) is 4.93. The summed E-state index contributed by atoms with van der Waals surface area (Å²) in [5, 5.41) is 5.79. The number of rotatable bonds is 5. The highest BCUT2D eigenvalue weighted by Gasteiger charge is 2.09. The van der Waals surface area contributed by atoms with E-state index in [2.05, 4.69) is 10.6 Å². The van der Waals surface area contributed by atoms with E-state index in [9.17, 15) is 9.59 Å². The molecule has 0 radical (unpaired) electrons. The van der Waals surface area contributed by atoms with Gasteiger partial charge in [-0.1, -0.05) is 11.6 Å². The molecule has 2 amide bonds. The van der Waals surface area contributed by atoms with Crippen molar-refractivity contribution in [2.45, 2.75) is 6.42 Å². The van der Waals surface area contributed by atoms with E-state index in [1.165, 1.54) is 12.1 Å². The van der Waals surface area contributed by atoms with Gasteiger partial charge in [-0.3, -0.25) is 9.59 Å². The standard InChI is InChI=1S/C11H14ClN3O2/c1-14-5-4-10(16)15-7-2-3-9(12)8(6-7)11(13)17/h2-3,6,14H,4-5H2,1H3,(H2,13,17)(H,15,16). The van der Waals surface area contributed by atoms with E-state index in [1.54, 1.807) is 13.1 Å². The summed E-state index contributed by atoms with van der Waals surface area (Å²) in [7, 11) is 1.76. The van der Waals surface area contributed by atoms with Gasteiger partial charge in [0.15, 0.2) is 0 Å². The molecule has 0 atom stereocenters. The van der Waals surface area contributed by atoms with E-state index in [0.717, 1.165) is 0 Å². The largest absolute Gasteiger partial charge is 0.366 e. The lowest BCUT2D eigenvalue weighted by molar-refractivity contribution is -0.116. The molecule has 0 aliphatic carbocycles. The SMILES string of the molecule is CNCCC(=O)Nc1ccc(Cl)c(C(N)=O)c1. The van der Waals surface area contributed by atoms with Crippen LogP contribution < -0.4 is 16.4 Å². The van der Waals surface area contributed by atoms with Crippen molar-refractivity contribution in [2.24, 2.45) is 5.73 Å². The Hall–Kier alpha value is -1.59. The van der Waals surface area contributed by atoms with Crippen LogP contribution in [0.4, 0.5) is 5.69 Å². The van der Waals surface area contributed by atoms with Gasteiger partial charge in [0.1, 0.15) is 0 Å². The summed E-state index contributed by atoms with van der Waals surface area (Å²) < 4.78 is 0. The predicted molar refractivity (Wildman–Crippen MR) is 67.1 cm³/mol. The maximum Gasteiger partial charge on any atom is 0.250 e. The molecule has 0 heterocycles. The maximum absolute atomic E-state index is 11.4. The third kappa shape index (κ3) is 4.05. The fraction of sp³-hybridized carbons (Fsp3) is 0.273. The predicted octanol–water partition coefficient (Wildman–Crippen LogP) is 0.987. The van der Waals surface area contributed by atoms with E-state index < -0.39 is 5.91 Å². The minimum absolute atomic E-state index is 0.142. The first-order valence-corrected chi connectivity index (χ1v) is 5.46. The summed E-state index contributed by atoms with van der Waals surface area (Å²) >= 11 is 5.79. The number of amides is 2. The van der Waals surface area contributed by atoms with Crippen molar-refractivity contribution in [1.82, 2.24) is 5.32 Å². The first-order valence-electron chi connectivity index (χ1n) is 5.08. The van der Waals surface area contributed by atoms with Crippen molar-refractivity contribution in [2.75, 3.05) is 18.9 Å². The van der Waals surface area contributed by atoms with Crippen molar-refractivity contribution >= 4 is 29.1 Å². The minimum Gasteiger partial charge on any atom is -0.366 e. The molecule has 0 aliphatic rings. The Morgan fingerprint density at radius 2 is 2.12 bits per heavy atom. The first-order chi connectivity index (χ1) is 8.04. The number of benzene rings is 1.